The highest BCUT2D eigenvalue weighted by molar-refractivity contribution is 9.10. The average molecular weight is 382 g/mol. The number of fused-ring (bicyclic) bond motifs is 2. The second-order valence-corrected chi connectivity index (χ2v) is 6.15. The topological polar surface area (TPSA) is 108 Å². The number of aromatic nitrogens is 2. The van der Waals surface area contributed by atoms with Crippen LogP contribution in [0.4, 0.5) is 5.82 Å². The monoisotopic (exact) mass is 381 g/mol. The summed E-state index contributed by atoms with van der Waals surface area (Å²) in [5.74, 6) is -0.129. The molecular weight excluding hydrogens is 374 g/mol. The number of aliphatic imine (C=N–C) groups is 1. The van der Waals surface area contributed by atoms with Crippen molar-refractivity contribution >= 4 is 44.3 Å². The largest absolute Gasteiger partial charge is 0.439 e. The summed E-state index contributed by atoms with van der Waals surface area (Å²) in [5.41, 5.74) is 1.77. The first-order valence-electron chi connectivity index (χ1n) is 6.91. The molecule has 0 fully saturated rings. The zero-order chi connectivity index (χ0) is 17.0. The molecule has 3 aromatic rings. The van der Waals surface area contributed by atoms with Gasteiger partial charge in [-0.05, 0) is 25.1 Å². The Morgan fingerprint density at radius 1 is 1.38 bits per heavy atom. The van der Waals surface area contributed by atoms with Crippen LogP contribution in [0.3, 0.4) is 0 Å². The predicted octanol–water partition coefficient (Wildman–Crippen LogP) is 3.16. The van der Waals surface area contributed by atoms with Crippen molar-refractivity contribution < 1.29 is 9.21 Å². The molecule has 2 aromatic heterocycles. The molecule has 0 atom stereocenters. The molecule has 8 heteroatoms. The maximum Gasteiger partial charge on any atom is 0.294 e. The van der Waals surface area contributed by atoms with Crippen LogP contribution in [0.25, 0.3) is 22.2 Å². The Morgan fingerprint density at radius 3 is 2.92 bits per heavy atom. The maximum atomic E-state index is 12.1. The molecule has 116 valence electrons. The van der Waals surface area contributed by atoms with E-state index in [0.717, 1.165) is 9.15 Å². The summed E-state index contributed by atoms with van der Waals surface area (Å²) in [7, 11) is 0. The average Bonchev–Trinajstić information content (AvgIpc) is 3.04. The molecule has 24 heavy (non-hydrogen) atoms. The van der Waals surface area contributed by atoms with Crippen LogP contribution in [0, 0.1) is 16.7 Å². The SMILES string of the molecule is CC1=Nc2c(C#N)c(-c3cc(=N)oc4ccc(Br)cc34)nn2C1=O. The predicted molar refractivity (Wildman–Crippen MR) is 89.1 cm³/mol. The first-order valence-corrected chi connectivity index (χ1v) is 7.70. The van der Waals surface area contributed by atoms with Gasteiger partial charge in [0.25, 0.3) is 5.91 Å². The number of rotatable bonds is 1. The van der Waals surface area contributed by atoms with Gasteiger partial charge < -0.3 is 4.42 Å². The Kier molecular flexibility index (Phi) is 3.01. The maximum absolute atomic E-state index is 12.1. The number of nitriles is 1. The fourth-order valence-corrected chi connectivity index (χ4v) is 3.02. The normalized spacial score (nSPS) is 13.0. The number of halogens is 1. The summed E-state index contributed by atoms with van der Waals surface area (Å²) >= 11 is 3.40. The first-order chi connectivity index (χ1) is 11.5. The van der Waals surface area contributed by atoms with Crippen molar-refractivity contribution in [2.45, 2.75) is 6.92 Å². The van der Waals surface area contributed by atoms with Gasteiger partial charge in [0.15, 0.2) is 5.82 Å². The van der Waals surface area contributed by atoms with Gasteiger partial charge >= 0.3 is 0 Å². The highest BCUT2D eigenvalue weighted by atomic mass is 79.9. The molecule has 1 aromatic carbocycles. The zero-order valence-electron chi connectivity index (χ0n) is 12.3. The van der Waals surface area contributed by atoms with E-state index in [1.165, 1.54) is 6.07 Å². The molecule has 0 unspecified atom stereocenters. The highest BCUT2D eigenvalue weighted by Crippen LogP contribution is 2.36. The van der Waals surface area contributed by atoms with Crippen molar-refractivity contribution in [3.8, 4) is 17.3 Å². The molecule has 0 spiro atoms. The minimum absolute atomic E-state index is 0.0668. The lowest BCUT2D eigenvalue weighted by molar-refractivity contribution is 0.0984. The van der Waals surface area contributed by atoms with Crippen LogP contribution in [0.1, 0.15) is 17.3 Å². The molecular formula is C16H8BrN5O2. The third kappa shape index (κ3) is 1.95. The van der Waals surface area contributed by atoms with Gasteiger partial charge in [-0.15, -0.1) is 0 Å². The van der Waals surface area contributed by atoms with Crippen LogP contribution in [0.2, 0.25) is 0 Å². The molecule has 1 aliphatic rings. The van der Waals surface area contributed by atoms with Gasteiger partial charge in [0.05, 0.1) is 0 Å². The minimum Gasteiger partial charge on any atom is -0.439 e. The van der Waals surface area contributed by atoms with Crippen molar-refractivity contribution in [2.75, 3.05) is 0 Å². The Bertz CT molecular complexity index is 1180. The summed E-state index contributed by atoms with van der Waals surface area (Å²) in [6.45, 7) is 1.58. The van der Waals surface area contributed by atoms with Crippen LogP contribution in [-0.2, 0) is 0 Å². The van der Waals surface area contributed by atoms with E-state index >= 15 is 0 Å². The number of nitrogens with zero attached hydrogens (tertiary/aromatic N) is 4. The number of carbonyl (C=O) groups is 1. The lowest BCUT2D eigenvalue weighted by atomic mass is 10.0. The van der Waals surface area contributed by atoms with Crippen LogP contribution in [-0.4, -0.2) is 21.4 Å². The van der Waals surface area contributed by atoms with E-state index in [4.69, 9.17) is 9.83 Å². The second kappa shape index (κ2) is 4.97. The van der Waals surface area contributed by atoms with Crippen LogP contribution in [0.15, 0.2) is 38.1 Å². The lowest BCUT2D eigenvalue weighted by Gasteiger charge is -2.05. The highest BCUT2D eigenvalue weighted by Gasteiger charge is 2.29. The van der Waals surface area contributed by atoms with Crippen molar-refractivity contribution in [3.05, 3.63) is 39.9 Å². The van der Waals surface area contributed by atoms with Gasteiger partial charge in [-0.2, -0.15) is 15.0 Å². The summed E-state index contributed by atoms with van der Waals surface area (Å²) < 4.78 is 7.35. The number of carbonyl (C=O) groups excluding carboxylic acids is 1. The molecule has 0 bridgehead atoms. The van der Waals surface area contributed by atoms with E-state index in [-0.39, 0.29) is 28.6 Å². The molecule has 0 radical (unpaired) electrons. The summed E-state index contributed by atoms with van der Waals surface area (Å²) in [6.07, 6.45) is 0. The van der Waals surface area contributed by atoms with Crippen LogP contribution >= 0.6 is 15.9 Å². The lowest BCUT2D eigenvalue weighted by Crippen LogP contribution is -2.14. The number of hydrogen-bond donors (Lipinski definition) is 1. The van der Waals surface area contributed by atoms with Crippen LogP contribution in [0.5, 0.6) is 0 Å². The molecule has 3 heterocycles. The van der Waals surface area contributed by atoms with Gasteiger partial charge in [0.2, 0.25) is 5.55 Å². The van der Waals surface area contributed by atoms with Crippen molar-refractivity contribution in [2.24, 2.45) is 4.99 Å². The summed E-state index contributed by atoms with van der Waals surface area (Å²) in [5, 5.41) is 22.3. The quantitative estimate of drug-likeness (QED) is 0.697. The second-order valence-electron chi connectivity index (χ2n) is 5.24. The minimum atomic E-state index is -0.357. The molecule has 0 amide bonds. The molecule has 0 saturated heterocycles. The first kappa shape index (κ1) is 14.5. The number of nitrogens with one attached hydrogen (secondary N) is 1. The third-order valence-corrected chi connectivity index (χ3v) is 4.22. The molecule has 7 nitrogen and oxygen atoms in total. The van der Waals surface area contributed by atoms with E-state index in [9.17, 15) is 10.1 Å². The van der Waals surface area contributed by atoms with Crippen molar-refractivity contribution in [3.63, 3.8) is 0 Å². The number of benzene rings is 1. The fraction of sp³-hybridized carbons (Fsp3) is 0.0625. The summed E-state index contributed by atoms with van der Waals surface area (Å²) in [6, 6.07) is 8.89. The van der Waals surface area contributed by atoms with Crippen molar-refractivity contribution in [1.82, 2.24) is 9.78 Å². The molecule has 0 saturated carbocycles. The molecule has 1 N–H and O–H groups in total. The molecule has 1 aliphatic heterocycles. The van der Waals surface area contributed by atoms with Gasteiger partial charge in [0.1, 0.15) is 28.6 Å². The fourth-order valence-electron chi connectivity index (χ4n) is 2.66. The van der Waals surface area contributed by atoms with Gasteiger partial charge in [-0.1, -0.05) is 15.9 Å². The smallest absolute Gasteiger partial charge is 0.294 e. The van der Waals surface area contributed by atoms with E-state index in [1.54, 1.807) is 19.1 Å². The Balaban J connectivity index is 2.11. The molecule has 4 rings (SSSR count). The standard InChI is InChI=1S/C16H8BrN5O2/c1-7-16(23)22-15(20-7)11(6-18)14(21-22)10-5-13(19)24-12-3-2-8(17)4-9(10)12/h2-5,19H,1H3. The Labute approximate surface area is 143 Å². The van der Waals surface area contributed by atoms with Crippen LogP contribution < -0.4 is 5.55 Å². The van der Waals surface area contributed by atoms with E-state index < -0.39 is 0 Å². The van der Waals surface area contributed by atoms with E-state index in [2.05, 4.69) is 32.1 Å². The third-order valence-electron chi connectivity index (χ3n) is 3.73. The number of hydrogen-bond acceptors (Lipinski definition) is 6. The zero-order valence-corrected chi connectivity index (χ0v) is 13.9. The van der Waals surface area contributed by atoms with Gasteiger partial charge in [0, 0.05) is 21.5 Å². The van der Waals surface area contributed by atoms with E-state index in [1.807, 2.05) is 6.07 Å². The summed E-state index contributed by atoms with van der Waals surface area (Å²) in [4.78, 5) is 16.2. The Hall–Kier alpha value is -3.05. The van der Waals surface area contributed by atoms with Gasteiger partial charge in [-0.3, -0.25) is 10.2 Å². The Morgan fingerprint density at radius 2 is 2.17 bits per heavy atom. The van der Waals surface area contributed by atoms with Crippen molar-refractivity contribution in [1.29, 1.82) is 10.7 Å². The van der Waals surface area contributed by atoms with Gasteiger partial charge in [-0.25, -0.2) is 4.99 Å². The molecule has 0 aliphatic carbocycles. The van der Waals surface area contributed by atoms with E-state index in [0.29, 0.717) is 22.2 Å².